The SMILES string of the molecule is O=[N+]([O-])c1cc(S(=O)(=O)Nc2ncnc3cc(N4CCN(CC5=C(c6ccc(Cl)cc6)CCCC5)CC4)ccc23)ccc1N[C@H](CCN1CCOCC1)CSc1ccccc1. The van der Waals surface area contributed by atoms with E-state index in [0.717, 1.165) is 93.3 Å². The van der Waals surface area contributed by atoms with E-state index in [4.69, 9.17) is 16.3 Å². The lowest BCUT2D eigenvalue weighted by atomic mass is 9.87. The zero-order valence-electron chi connectivity index (χ0n) is 34.0. The summed E-state index contributed by atoms with van der Waals surface area (Å²) >= 11 is 7.85. The van der Waals surface area contributed by atoms with Crippen molar-refractivity contribution in [2.24, 2.45) is 0 Å². The van der Waals surface area contributed by atoms with Crippen molar-refractivity contribution in [2.75, 3.05) is 86.3 Å². The lowest BCUT2D eigenvalue weighted by molar-refractivity contribution is -0.384. The molecule has 1 atom stereocenters. The number of allylic oxidation sites excluding steroid dienone is 1. The Bertz CT molecular complexity index is 2450. The van der Waals surface area contributed by atoms with Crippen molar-refractivity contribution < 1.29 is 18.1 Å². The van der Waals surface area contributed by atoms with E-state index in [9.17, 15) is 18.5 Å². The first-order valence-corrected chi connectivity index (χ1v) is 23.8. The number of nitro groups is 1. The van der Waals surface area contributed by atoms with Crippen LogP contribution in [0, 0.1) is 10.1 Å². The summed E-state index contributed by atoms with van der Waals surface area (Å²) in [4.78, 5) is 28.7. The number of hydrogen-bond donors (Lipinski definition) is 2. The maximum Gasteiger partial charge on any atom is 0.293 e. The minimum atomic E-state index is -4.27. The minimum Gasteiger partial charge on any atom is -0.379 e. The highest BCUT2D eigenvalue weighted by atomic mass is 35.5. The van der Waals surface area contributed by atoms with Gasteiger partial charge in [-0.1, -0.05) is 47.5 Å². The van der Waals surface area contributed by atoms with Crippen LogP contribution in [0.5, 0.6) is 0 Å². The molecule has 2 fully saturated rings. The molecule has 13 nitrogen and oxygen atoms in total. The van der Waals surface area contributed by atoms with Gasteiger partial charge in [0.2, 0.25) is 0 Å². The fourth-order valence-corrected chi connectivity index (χ4v) is 10.5. The largest absolute Gasteiger partial charge is 0.379 e. The molecule has 16 heteroatoms. The molecular formula is C45H51ClN8O5S2. The Labute approximate surface area is 366 Å². The molecule has 2 N–H and O–H groups in total. The standard InChI is InChI=1S/C45H51ClN8O5S2/c46-35-12-10-33(11-13-35)40-9-5-4-6-34(40)30-52-20-22-53(23-21-52)37-14-16-41-43(28-37)47-32-48-45(41)50-61(57,58)39-15-17-42(44(29-39)54(55)56)49-36(18-19-51-24-26-59-27-25-51)31-60-38-7-2-1-3-8-38/h1-3,7-8,10-17,28-29,32,36,49H,4-6,9,18-27,30-31H2,(H,47,48,50)/t36-/m1/s1. The highest BCUT2D eigenvalue weighted by Crippen LogP contribution is 2.35. The van der Waals surface area contributed by atoms with Gasteiger partial charge in [-0.05, 0) is 97.8 Å². The Balaban J connectivity index is 0.933. The smallest absolute Gasteiger partial charge is 0.293 e. The van der Waals surface area contributed by atoms with E-state index in [-0.39, 0.29) is 28.1 Å². The van der Waals surface area contributed by atoms with E-state index in [2.05, 4.69) is 46.8 Å². The van der Waals surface area contributed by atoms with Crippen molar-refractivity contribution in [1.29, 1.82) is 0 Å². The summed E-state index contributed by atoms with van der Waals surface area (Å²) in [5.41, 5.74) is 5.80. The highest BCUT2D eigenvalue weighted by Gasteiger charge is 2.26. The van der Waals surface area contributed by atoms with Crippen molar-refractivity contribution in [3.8, 4) is 0 Å². The number of anilines is 3. The topological polar surface area (TPSA) is 146 Å². The van der Waals surface area contributed by atoms with Gasteiger partial charge >= 0.3 is 0 Å². The summed E-state index contributed by atoms with van der Waals surface area (Å²) in [6, 6.07) is 27.9. The number of morpholine rings is 1. The van der Waals surface area contributed by atoms with Crippen LogP contribution in [0.15, 0.2) is 113 Å². The van der Waals surface area contributed by atoms with Gasteiger partial charge in [-0.15, -0.1) is 11.8 Å². The number of halogens is 1. The van der Waals surface area contributed by atoms with Crippen LogP contribution in [0.2, 0.25) is 5.02 Å². The average molecular weight is 884 g/mol. The molecule has 4 aromatic carbocycles. The second-order valence-electron chi connectivity index (χ2n) is 15.7. The van der Waals surface area contributed by atoms with Crippen LogP contribution in [-0.2, 0) is 14.8 Å². The summed E-state index contributed by atoms with van der Waals surface area (Å²) in [5, 5.41) is 17.1. The number of nitro benzene ring substituents is 1. The number of thioether (sulfide) groups is 1. The van der Waals surface area contributed by atoms with Crippen molar-refractivity contribution in [1.82, 2.24) is 19.8 Å². The molecule has 3 aliphatic rings. The van der Waals surface area contributed by atoms with E-state index in [1.165, 1.54) is 48.0 Å². The lowest BCUT2D eigenvalue weighted by Crippen LogP contribution is -2.47. The average Bonchev–Trinajstić information content (AvgIpc) is 3.28. The number of ether oxygens (including phenoxy) is 1. The predicted molar refractivity (Wildman–Crippen MR) is 245 cm³/mol. The molecule has 2 aliphatic heterocycles. The first kappa shape index (κ1) is 42.9. The normalized spacial score (nSPS) is 17.4. The van der Waals surface area contributed by atoms with Crippen LogP contribution in [0.4, 0.5) is 22.9 Å². The maximum absolute atomic E-state index is 13.8. The molecule has 5 aromatic rings. The van der Waals surface area contributed by atoms with Gasteiger partial charge in [0.15, 0.2) is 5.82 Å². The lowest BCUT2D eigenvalue weighted by Gasteiger charge is -2.37. The number of fused-ring (bicyclic) bond motifs is 1. The summed E-state index contributed by atoms with van der Waals surface area (Å²) in [5.74, 6) is 0.765. The van der Waals surface area contributed by atoms with Crippen LogP contribution in [0.3, 0.4) is 0 Å². The third-order valence-corrected chi connectivity index (χ3v) is 14.5. The van der Waals surface area contributed by atoms with Crippen LogP contribution in [0.1, 0.15) is 37.7 Å². The molecule has 2 saturated heterocycles. The highest BCUT2D eigenvalue weighted by molar-refractivity contribution is 7.99. The Hall–Kier alpha value is -4.77. The van der Waals surface area contributed by atoms with E-state index < -0.39 is 14.9 Å². The van der Waals surface area contributed by atoms with Crippen LogP contribution in [-0.4, -0.2) is 110 Å². The molecule has 0 bridgehead atoms. The summed E-state index contributed by atoms with van der Waals surface area (Å²) in [6.07, 6.45) is 6.73. The number of piperazine rings is 1. The zero-order chi connectivity index (χ0) is 42.2. The first-order valence-electron chi connectivity index (χ1n) is 20.9. The molecule has 8 rings (SSSR count). The summed E-state index contributed by atoms with van der Waals surface area (Å²) in [6.45, 7) is 8.36. The quantitative estimate of drug-likeness (QED) is 0.0557. The first-order chi connectivity index (χ1) is 29.7. The van der Waals surface area contributed by atoms with Crippen molar-refractivity contribution in [2.45, 2.75) is 47.9 Å². The summed E-state index contributed by atoms with van der Waals surface area (Å²) in [7, 11) is -4.27. The Morgan fingerprint density at radius 1 is 0.869 bits per heavy atom. The molecular weight excluding hydrogens is 832 g/mol. The fraction of sp³-hybridized carbons (Fsp3) is 0.378. The van der Waals surface area contributed by atoms with Gasteiger partial charge in [-0.2, -0.15) is 0 Å². The Morgan fingerprint density at radius 3 is 2.41 bits per heavy atom. The van der Waals surface area contributed by atoms with Gasteiger partial charge in [0.05, 0.1) is 28.5 Å². The number of benzene rings is 4. The maximum atomic E-state index is 13.8. The third kappa shape index (κ3) is 11.0. The number of sulfonamides is 1. The molecule has 320 valence electrons. The van der Waals surface area contributed by atoms with Gasteiger partial charge in [0.25, 0.3) is 15.7 Å². The second-order valence-corrected chi connectivity index (χ2v) is 18.9. The fourth-order valence-electron chi connectivity index (χ4n) is 8.33. The monoisotopic (exact) mass is 882 g/mol. The number of aromatic nitrogens is 2. The molecule has 0 unspecified atom stereocenters. The van der Waals surface area contributed by atoms with E-state index >= 15 is 0 Å². The number of nitrogens with one attached hydrogen (secondary N) is 2. The van der Waals surface area contributed by atoms with E-state index in [1.54, 1.807) is 11.8 Å². The molecule has 3 heterocycles. The third-order valence-electron chi connectivity index (χ3n) is 11.7. The number of rotatable bonds is 16. The molecule has 1 aliphatic carbocycles. The molecule has 61 heavy (non-hydrogen) atoms. The number of nitrogens with zero attached hydrogens (tertiary/aromatic N) is 6. The zero-order valence-corrected chi connectivity index (χ0v) is 36.4. The molecule has 1 aromatic heterocycles. The van der Waals surface area contributed by atoms with Crippen LogP contribution in [0.25, 0.3) is 16.5 Å². The van der Waals surface area contributed by atoms with Crippen molar-refractivity contribution in [3.05, 3.63) is 124 Å². The van der Waals surface area contributed by atoms with Crippen molar-refractivity contribution in [3.63, 3.8) is 0 Å². The van der Waals surface area contributed by atoms with Gasteiger partial charge in [-0.25, -0.2) is 18.4 Å². The predicted octanol–water partition coefficient (Wildman–Crippen LogP) is 8.44. The van der Waals surface area contributed by atoms with Crippen LogP contribution >= 0.6 is 23.4 Å². The molecule has 0 radical (unpaired) electrons. The second kappa shape index (κ2) is 20.0. The molecule has 0 saturated carbocycles. The minimum absolute atomic E-state index is 0.101. The summed E-state index contributed by atoms with van der Waals surface area (Å²) < 4.78 is 35.8. The molecule has 0 amide bonds. The molecule has 0 spiro atoms. The van der Waals surface area contributed by atoms with Crippen molar-refractivity contribution >= 4 is 72.7 Å². The Morgan fingerprint density at radius 2 is 1.64 bits per heavy atom. The van der Waals surface area contributed by atoms with Gasteiger partial charge in [0.1, 0.15) is 12.0 Å². The van der Waals surface area contributed by atoms with Gasteiger partial charge in [0, 0.05) is 91.2 Å². The Kier molecular flexibility index (Phi) is 14.0. The van der Waals surface area contributed by atoms with Gasteiger partial charge in [-0.3, -0.25) is 24.6 Å². The van der Waals surface area contributed by atoms with E-state index in [0.29, 0.717) is 29.9 Å². The van der Waals surface area contributed by atoms with E-state index in [1.807, 2.05) is 60.7 Å². The van der Waals surface area contributed by atoms with Crippen LogP contribution < -0.4 is 14.9 Å². The number of hydrogen-bond acceptors (Lipinski definition) is 12. The van der Waals surface area contributed by atoms with Gasteiger partial charge < -0.3 is 15.0 Å².